The van der Waals surface area contributed by atoms with Gasteiger partial charge in [0.1, 0.15) is 18.1 Å². The largest absolute Gasteiger partial charge is 0.507 e. The summed E-state index contributed by atoms with van der Waals surface area (Å²) in [4.78, 5) is 29.9. The van der Waals surface area contributed by atoms with Gasteiger partial charge >= 0.3 is 0 Å². The van der Waals surface area contributed by atoms with Gasteiger partial charge in [0.05, 0.1) is 24.8 Å². The molecular formula is C26H27ClN2O5. The van der Waals surface area contributed by atoms with Crippen LogP contribution in [0.5, 0.6) is 5.75 Å². The summed E-state index contributed by atoms with van der Waals surface area (Å²) in [6, 6.07) is 13.0. The summed E-state index contributed by atoms with van der Waals surface area (Å²) in [5.74, 6) is -0.939. The van der Waals surface area contributed by atoms with Crippen LogP contribution in [0.3, 0.4) is 0 Å². The maximum absolute atomic E-state index is 13.1. The molecule has 1 amide bonds. The fraction of sp³-hybridized carbons (Fsp3) is 0.308. The number of benzene rings is 2. The lowest BCUT2D eigenvalue weighted by Crippen LogP contribution is -2.42. The molecule has 2 saturated heterocycles. The summed E-state index contributed by atoms with van der Waals surface area (Å²) in [5, 5.41) is 11.7. The summed E-state index contributed by atoms with van der Waals surface area (Å²) < 4.78 is 10.9. The van der Waals surface area contributed by atoms with E-state index in [1.165, 1.54) is 4.90 Å². The Bertz CT molecular complexity index is 1080. The van der Waals surface area contributed by atoms with Crippen molar-refractivity contribution in [3.05, 3.63) is 82.9 Å². The Labute approximate surface area is 203 Å². The fourth-order valence-electron chi connectivity index (χ4n) is 4.20. The minimum absolute atomic E-state index is 0.0639. The van der Waals surface area contributed by atoms with Crippen LogP contribution < -0.4 is 4.74 Å². The van der Waals surface area contributed by atoms with Crippen molar-refractivity contribution in [3.63, 3.8) is 0 Å². The number of aliphatic hydroxyl groups is 1. The molecule has 0 aliphatic carbocycles. The standard InChI is InChI=1S/C26H27ClN2O5/c1-2-15-34-21-9-5-19(6-10-21)24(30)22-23(18-3-7-20(27)8-4-18)29(26(32)25(22)31)12-11-28-13-16-33-17-14-28/h2-10,23,30H,1,11-17H2/t23-/m1/s1. The third kappa shape index (κ3) is 5.17. The minimum Gasteiger partial charge on any atom is -0.507 e. The molecule has 0 spiro atoms. The molecule has 0 bridgehead atoms. The normalized spacial score (nSPS) is 20.5. The molecule has 0 unspecified atom stereocenters. The van der Waals surface area contributed by atoms with Crippen LogP contribution >= 0.6 is 11.6 Å². The molecule has 2 aromatic rings. The number of hydrogen-bond donors (Lipinski definition) is 1. The lowest BCUT2D eigenvalue weighted by molar-refractivity contribution is -0.140. The molecule has 2 aromatic carbocycles. The molecular weight excluding hydrogens is 456 g/mol. The number of nitrogens with zero attached hydrogens (tertiary/aromatic N) is 2. The molecule has 1 N–H and O–H groups in total. The van der Waals surface area contributed by atoms with E-state index in [2.05, 4.69) is 11.5 Å². The Hall–Kier alpha value is -3.13. The average molecular weight is 483 g/mol. The molecule has 0 aromatic heterocycles. The van der Waals surface area contributed by atoms with E-state index in [1.54, 1.807) is 54.6 Å². The first-order valence-corrected chi connectivity index (χ1v) is 11.6. The van der Waals surface area contributed by atoms with Gasteiger partial charge in [0.15, 0.2) is 0 Å². The van der Waals surface area contributed by atoms with Crippen molar-refractivity contribution in [3.8, 4) is 5.75 Å². The second kappa shape index (κ2) is 10.9. The van der Waals surface area contributed by atoms with Crippen LogP contribution in [0.2, 0.25) is 5.02 Å². The maximum Gasteiger partial charge on any atom is 0.295 e. The summed E-state index contributed by atoms with van der Waals surface area (Å²) in [7, 11) is 0. The lowest BCUT2D eigenvalue weighted by Gasteiger charge is -2.31. The quantitative estimate of drug-likeness (QED) is 0.268. The topological polar surface area (TPSA) is 79.3 Å². The van der Waals surface area contributed by atoms with Crippen LogP contribution in [0, 0.1) is 0 Å². The second-order valence-corrected chi connectivity index (χ2v) is 8.56. The van der Waals surface area contributed by atoms with Gasteiger partial charge < -0.3 is 19.5 Å². The molecule has 2 fully saturated rings. The summed E-state index contributed by atoms with van der Waals surface area (Å²) in [6.45, 7) is 7.77. The van der Waals surface area contributed by atoms with E-state index in [9.17, 15) is 14.7 Å². The van der Waals surface area contributed by atoms with E-state index < -0.39 is 17.7 Å². The maximum atomic E-state index is 13.1. The van der Waals surface area contributed by atoms with E-state index in [0.717, 1.165) is 13.1 Å². The number of Topliss-reactive ketones (excluding diaryl/α,β-unsaturated/α-hetero) is 1. The monoisotopic (exact) mass is 482 g/mol. The number of rotatable bonds is 8. The molecule has 4 rings (SSSR count). The van der Waals surface area contributed by atoms with Crippen LogP contribution in [0.25, 0.3) is 5.76 Å². The SMILES string of the molecule is C=CCOc1ccc(C(O)=C2C(=O)C(=O)N(CCN3CCOCC3)[C@@H]2c2ccc(Cl)cc2)cc1. The predicted molar refractivity (Wildman–Crippen MR) is 130 cm³/mol. The van der Waals surface area contributed by atoms with Gasteiger partial charge in [-0.25, -0.2) is 0 Å². The summed E-state index contributed by atoms with van der Waals surface area (Å²) >= 11 is 6.08. The Balaban J connectivity index is 1.68. The van der Waals surface area contributed by atoms with E-state index in [0.29, 0.717) is 54.8 Å². The Morgan fingerprint density at radius 1 is 1.09 bits per heavy atom. The molecule has 178 valence electrons. The number of halogens is 1. The Morgan fingerprint density at radius 3 is 2.41 bits per heavy atom. The molecule has 2 heterocycles. The van der Waals surface area contributed by atoms with Gasteiger partial charge in [0.25, 0.3) is 11.7 Å². The van der Waals surface area contributed by atoms with Gasteiger partial charge in [-0.3, -0.25) is 14.5 Å². The van der Waals surface area contributed by atoms with Gasteiger partial charge in [-0.1, -0.05) is 36.4 Å². The zero-order valence-electron chi connectivity index (χ0n) is 18.8. The number of hydrogen-bond acceptors (Lipinski definition) is 6. The first-order valence-electron chi connectivity index (χ1n) is 11.2. The van der Waals surface area contributed by atoms with Gasteiger partial charge in [-0.2, -0.15) is 0 Å². The molecule has 7 nitrogen and oxygen atoms in total. The van der Waals surface area contributed by atoms with Crippen molar-refractivity contribution >= 4 is 29.1 Å². The first kappa shape index (κ1) is 24.0. The molecule has 0 saturated carbocycles. The smallest absolute Gasteiger partial charge is 0.295 e. The van der Waals surface area contributed by atoms with E-state index >= 15 is 0 Å². The molecule has 8 heteroatoms. The molecule has 2 aliphatic rings. The number of ketones is 1. The Morgan fingerprint density at radius 2 is 1.76 bits per heavy atom. The zero-order valence-corrected chi connectivity index (χ0v) is 19.5. The van der Waals surface area contributed by atoms with Gasteiger partial charge in [0.2, 0.25) is 0 Å². The lowest BCUT2D eigenvalue weighted by atomic mass is 9.95. The highest BCUT2D eigenvalue weighted by atomic mass is 35.5. The number of amides is 1. The highest BCUT2D eigenvalue weighted by Gasteiger charge is 2.46. The summed E-state index contributed by atoms with van der Waals surface area (Å²) in [6.07, 6.45) is 1.64. The fourth-order valence-corrected chi connectivity index (χ4v) is 4.32. The minimum atomic E-state index is -0.713. The zero-order chi connectivity index (χ0) is 24.1. The number of aliphatic hydroxyl groups excluding tert-OH is 1. The number of carbonyl (C=O) groups is 2. The Kier molecular flexibility index (Phi) is 7.67. The third-order valence-electron chi connectivity index (χ3n) is 5.98. The average Bonchev–Trinajstić information content (AvgIpc) is 3.12. The molecule has 1 atom stereocenters. The van der Waals surface area contributed by atoms with E-state index in [4.69, 9.17) is 21.1 Å². The number of likely N-dealkylation sites (tertiary alicyclic amines) is 1. The van der Waals surface area contributed by atoms with Crippen molar-refractivity contribution < 1.29 is 24.2 Å². The summed E-state index contributed by atoms with van der Waals surface area (Å²) in [5.41, 5.74) is 1.20. The van der Waals surface area contributed by atoms with Gasteiger partial charge in [0, 0.05) is 36.8 Å². The first-order chi connectivity index (χ1) is 16.5. The van der Waals surface area contributed by atoms with Gasteiger partial charge in [-0.15, -0.1) is 0 Å². The molecule has 2 aliphatic heterocycles. The van der Waals surface area contributed by atoms with Crippen LogP contribution in [-0.4, -0.2) is 72.6 Å². The van der Waals surface area contributed by atoms with Crippen molar-refractivity contribution in [1.29, 1.82) is 0 Å². The van der Waals surface area contributed by atoms with Crippen LogP contribution in [-0.2, 0) is 14.3 Å². The van der Waals surface area contributed by atoms with Crippen LogP contribution in [0.4, 0.5) is 0 Å². The number of ether oxygens (including phenoxy) is 2. The third-order valence-corrected chi connectivity index (χ3v) is 6.23. The van der Waals surface area contributed by atoms with Crippen LogP contribution in [0.15, 0.2) is 66.8 Å². The van der Waals surface area contributed by atoms with Gasteiger partial charge in [-0.05, 0) is 42.0 Å². The predicted octanol–water partition coefficient (Wildman–Crippen LogP) is 3.66. The second-order valence-electron chi connectivity index (χ2n) is 8.12. The molecule has 34 heavy (non-hydrogen) atoms. The van der Waals surface area contributed by atoms with Crippen molar-refractivity contribution in [2.45, 2.75) is 6.04 Å². The van der Waals surface area contributed by atoms with Crippen molar-refractivity contribution in [2.24, 2.45) is 0 Å². The van der Waals surface area contributed by atoms with Crippen molar-refractivity contribution in [1.82, 2.24) is 9.80 Å². The highest BCUT2D eigenvalue weighted by Crippen LogP contribution is 2.39. The molecule has 0 radical (unpaired) electrons. The van der Waals surface area contributed by atoms with E-state index in [-0.39, 0.29) is 11.3 Å². The van der Waals surface area contributed by atoms with Crippen LogP contribution in [0.1, 0.15) is 17.2 Å². The highest BCUT2D eigenvalue weighted by molar-refractivity contribution is 6.46. The number of carbonyl (C=O) groups excluding carboxylic acids is 2. The number of morpholine rings is 1. The van der Waals surface area contributed by atoms with Crippen molar-refractivity contribution in [2.75, 3.05) is 46.0 Å². The van der Waals surface area contributed by atoms with E-state index in [1.807, 2.05) is 0 Å².